The summed E-state index contributed by atoms with van der Waals surface area (Å²) in [5.74, 6) is 1.87. The molecule has 2 aliphatic heterocycles. The number of halogens is 1. The lowest BCUT2D eigenvalue weighted by Gasteiger charge is -2.35. The maximum Gasteiger partial charge on any atom is 0.224 e. The van der Waals surface area contributed by atoms with Gasteiger partial charge in [-0.1, -0.05) is 37.3 Å². The van der Waals surface area contributed by atoms with E-state index >= 15 is 0 Å². The van der Waals surface area contributed by atoms with Crippen LogP contribution in [-0.4, -0.2) is 34.5 Å². The third-order valence-corrected chi connectivity index (χ3v) is 5.59. The fraction of sp³-hybridized carbons (Fsp3) is 0.500. The summed E-state index contributed by atoms with van der Waals surface area (Å²) in [6.45, 7) is 7.37. The van der Waals surface area contributed by atoms with Crippen molar-refractivity contribution in [2.45, 2.75) is 39.3 Å². The van der Waals surface area contributed by atoms with Gasteiger partial charge in [-0.15, -0.1) is 0 Å². The first-order valence-electron chi connectivity index (χ1n) is 9.25. The van der Waals surface area contributed by atoms with E-state index in [1.165, 1.54) is 24.0 Å². The van der Waals surface area contributed by atoms with Crippen molar-refractivity contribution in [2.75, 3.05) is 24.5 Å². The van der Waals surface area contributed by atoms with Crippen LogP contribution in [0.25, 0.3) is 0 Å². The molecule has 1 aromatic carbocycles. The Labute approximate surface area is 154 Å². The highest BCUT2D eigenvalue weighted by Gasteiger charge is 2.26. The Balaban J connectivity index is 1.57. The maximum absolute atomic E-state index is 6.23. The van der Waals surface area contributed by atoms with Crippen LogP contribution in [-0.2, 0) is 19.5 Å². The van der Waals surface area contributed by atoms with E-state index in [9.17, 15) is 0 Å². The van der Waals surface area contributed by atoms with Crippen LogP contribution in [0.1, 0.15) is 36.6 Å². The van der Waals surface area contributed by atoms with E-state index in [1.54, 1.807) is 0 Å². The summed E-state index contributed by atoms with van der Waals surface area (Å²) in [5.41, 5.74) is 3.77. The molecule has 0 atom stereocenters. The number of rotatable bonds is 3. The topological polar surface area (TPSA) is 32.3 Å². The van der Waals surface area contributed by atoms with Gasteiger partial charge in [0.05, 0.1) is 5.69 Å². The van der Waals surface area contributed by atoms with Gasteiger partial charge in [0.1, 0.15) is 5.82 Å². The summed E-state index contributed by atoms with van der Waals surface area (Å²) in [5, 5.41) is 0.392. The van der Waals surface area contributed by atoms with Gasteiger partial charge in [0, 0.05) is 44.7 Å². The van der Waals surface area contributed by atoms with Crippen LogP contribution in [0.5, 0.6) is 0 Å². The predicted molar refractivity (Wildman–Crippen MR) is 102 cm³/mol. The second-order valence-electron chi connectivity index (χ2n) is 7.36. The van der Waals surface area contributed by atoms with Crippen molar-refractivity contribution in [1.82, 2.24) is 14.9 Å². The Kier molecular flexibility index (Phi) is 4.91. The Morgan fingerprint density at radius 2 is 1.84 bits per heavy atom. The Hall–Kier alpha value is -1.65. The van der Waals surface area contributed by atoms with Crippen molar-refractivity contribution in [2.24, 2.45) is 5.92 Å². The van der Waals surface area contributed by atoms with Crippen LogP contribution in [0.15, 0.2) is 30.3 Å². The Morgan fingerprint density at radius 3 is 2.60 bits per heavy atom. The highest BCUT2D eigenvalue weighted by atomic mass is 35.5. The second kappa shape index (κ2) is 7.30. The lowest BCUT2D eigenvalue weighted by Crippen LogP contribution is -2.37. The van der Waals surface area contributed by atoms with Crippen molar-refractivity contribution in [3.05, 3.63) is 52.4 Å². The van der Waals surface area contributed by atoms with Crippen LogP contribution < -0.4 is 4.90 Å². The zero-order valence-electron chi connectivity index (χ0n) is 14.8. The molecule has 2 aliphatic rings. The molecule has 4 rings (SSSR count). The lowest BCUT2D eigenvalue weighted by atomic mass is 9.98. The molecule has 0 bridgehead atoms. The second-order valence-corrected chi connectivity index (χ2v) is 7.70. The standard InChI is InChI=1S/C20H25ClN4/c1-15-7-11-25(12-8-15)19-17-14-24(13-16-5-3-2-4-6-16)10-9-18(17)22-20(21)23-19/h2-6,15H,7-14H2,1H3. The number of benzene rings is 1. The predicted octanol–water partition coefficient (Wildman–Crippen LogP) is 3.92. The molecule has 2 aromatic rings. The SMILES string of the molecule is CC1CCN(c2nc(Cl)nc3c2CN(Cc2ccccc2)CC3)CC1. The molecule has 0 spiro atoms. The van der Waals surface area contributed by atoms with Crippen LogP contribution in [0.4, 0.5) is 5.82 Å². The van der Waals surface area contributed by atoms with Crippen LogP contribution in [0.2, 0.25) is 5.28 Å². The van der Waals surface area contributed by atoms with Gasteiger partial charge >= 0.3 is 0 Å². The third kappa shape index (κ3) is 3.80. The average molecular weight is 357 g/mol. The summed E-state index contributed by atoms with van der Waals surface area (Å²) in [4.78, 5) is 14.1. The van der Waals surface area contributed by atoms with Gasteiger partial charge in [0.2, 0.25) is 5.28 Å². The van der Waals surface area contributed by atoms with E-state index in [0.717, 1.165) is 56.6 Å². The van der Waals surface area contributed by atoms with E-state index in [1.807, 2.05) is 0 Å². The molecule has 3 heterocycles. The summed E-state index contributed by atoms with van der Waals surface area (Å²) < 4.78 is 0. The van der Waals surface area contributed by atoms with Gasteiger partial charge in [0.15, 0.2) is 0 Å². The molecule has 0 aliphatic carbocycles. The molecule has 4 nitrogen and oxygen atoms in total. The summed E-state index contributed by atoms with van der Waals surface area (Å²) in [6.07, 6.45) is 3.40. The number of anilines is 1. The fourth-order valence-corrected chi connectivity index (χ4v) is 4.06. The summed E-state index contributed by atoms with van der Waals surface area (Å²) in [7, 11) is 0. The minimum absolute atomic E-state index is 0.392. The number of hydrogen-bond donors (Lipinski definition) is 0. The number of aromatic nitrogens is 2. The number of piperidine rings is 1. The number of fused-ring (bicyclic) bond motifs is 1. The molecule has 0 unspecified atom stereocenters. The number of nitrogens with zero attached hydrogens (tertiary/aromatic N) is 4. The number of hydrogen-bond acceptors (Lipinski definition) is 4. The molecule has 1 aromatic heterocycles. The normalized spacial score (nSPS) is 19.0. The Morgan fingerprint density at radius 1 is 1.08 bits per heavy atom. The maximum atomic E-state index is 6.23. The quantitative estimate of drug-likeness (QED) is 0.780. The minimum Gasteiger partial charge on any atom is -0.356 e. The molecular formula is C20H25ClN4. The lowest BCUT2D eigenvalue weighted by molar-refractivity contribution is 0.243. The first-order valence-corrected chi connectivity index (χ1v) is 9.63. The molecule has 5 heteroatoms. The largest absolute Gasteiger partial charge is 0.356 e. The molecule has 1 saturated heterocycles. The molecule has 0 N–H and O–H groups in total. The van der Waals surface area contributed by atoms with Gasteiger partial charge in [0.25, 0.3) is 0 Å². The van der Waals surface area contributed by atoms with E-state index in [4.69, 9.17) is 11.6 Å². The molecule has 132 valence electrons. The van der Waals surface area contributed by atoms with Gasteiger partial charge in [-0.05, 0) is 35.9 Å². The average Bonchev–Trinajstić information content (AvgIpc) is 2.63. The first-order chi connectivity index (χ1) is 12.2. The van der Waals surface area contributed by atoms with Gasteiger partial charge < -0.3 is 4.90 Å². The smallest absolute Gasteiger partial charge is 0.224 e. The summed E-state index contributed by atoms with van der Waals surface area (Å²) in [6, 6.07) is 10.7. The zero-order chi connectivity index (χ0) is 17.2. The monoisotopic (exact) mass is 356 g/mol. The molecular weight excluding hydrogens is 332 g/mol. The highest BCUT2D eigenvalue weighted by Crippen LogP contribution is 2.31. The van der Waals surface area contributed by atoms with E-state index in [2.05, 4.69) is 57.0 Å². The molecule has 0 amide bonds. The van der Waals surface area contributed by atoms with E-state index in [0.29, 0.717) is 5.28 Å². The first kappa shape index (κ1) is 16.8. The fourth-order valence-electron chi connectivity index (χ4n) is 3.88. The van der Waals surface area contributed by atoms with Crippen molar-refractivity contribution in [1.29, 1.82) is 0 Å². The third-order valence-electron chi connectivity index (χ3n) is 5.42. The van der Waals surface area contributed by atoms with Gasteiger partial charge in [-0.3, -0.25) is 4.90 Å². The molecule has 1 fully saturated rings. The van der Waals surface area contributed by atoms with Crippen molar-refractivity contribution in [3.63, 3.8) is 0 Å². The highest BCUT2D eigenvalue weighted by molar-refractivity contribution is 6.28. The van der Waals surface area contributed by atoms with Crippen molar-refractivity contribution < 1.29 is 0 Å². The molecule has 0 saturated carbocycles. The van der Waals surface area contributed by atoms with Crippen LogP contribution in [0.3, 0.4) is 0 Å². The minimum atomic E-state index is 0.392. The van der Waals surface area contributed by atoms with Crippen molar-refractivity contribution in [3.8, 4) is 0 Å². The van der Waals surface area contributed by atoms with Crippen LogP contribution in [0, 0.1) is 5.92 Å². The van der Waals surface area contributed by atoms with E-state index < -0.39 is 0 Å². The van der Waals surface area contributed by atoms with Crippen molar-refractivity contribution >= 4 is 17.4 Å². The summed E-state index contributed by atoms with van der Waals surface area (Å²) >= 11 is 6.23. The zero-order valence-corrected chi connectivity index (χ0v) is 15.5. The van der Waals surface area contributed by atoms with Gasteiger partial charge in [-0.2, -0.15) is 0 Å². The van der Waals surface area contributed by atoms with E-state index in [-0.39, 0.29) is 0 Å². The van der Waals surface area contributed by atoms with Crippen LogP contribution >= 0.6 is 11.6 Å². The molecule has 0 radical (unpaired) electrons. The Bertz CT molecular complexity index is 726. The molecule has 25 heavy (non-hydrogen) atoms. The van der Waals surface area contributed by atoms with Gasteiger partial charge in [-0.25, -0.2) is 9.97 Å².